The van der Waals surface area contributed by atoms with Crippen LogP contribution >= 0.6 is 0 Å². The Hall–Kier alpha value is -0.850. The van der Waals surface area contributed by atoms with Gasteiger partial charge in [-0.15, -0.1) is 0 Å². The Labute approximate surface area is 91.2 Å². The third-order valence-electron chi connectivity index (χ3n) is 1.60. The number of nitrogens with zero attached hydrogens (tertiary/aromatic N) is 1. The molecular formula is C9H22N4O2. The molecule has 0 aromatic rings. The van der Waals surface area contributed by atoms with Gasteiger partial charge in [0.15, 0.2) is 0 Å². The normalized spacial score (nSPS) is 11.5. The Kier molecular flexibility index (Phi) is 10.6. The molecule has 6 nitrogen and oxygen atoms in total. The first-order valence-corrected chi connectivity index (χ1v) is 5.16. The van der Waals surface area contributed by atoms with Crippen LogP contribution in [0, 0.1) is 0 Å². The molecule has 0 bridgehead atoms. The fourth-order valence-corrected chi connectivity index (χ4v) is 0.862. The molecule has 0 radical (unpaired) electrons. The number of nitrogens with two attached hydrogens (primary N) is 1. The predicted octanol–water partition coefficient (Wildman–Crippen LogP) is -0.532. The summed E-state index contributed by atoms with van der Waals surface area (Å²) in [7, 11) is 1.65. The van der Waals surface area contributed by atoms with Crippen molar-refractivity contribution < 1.29 is 9.47 Å². The molecule has 0 aliphatic rings. The Morgan fingerprint density at radius 3 is 2.73 bits per heavy atom. The molecule has 0 aromatic heterocycles. The van der Waals surface area contributed by atoms with Crippen molar-refractivity contribution >= 4 is 5.96 Å². The summed E-state index contributed by atoms with van der Waals surface area (Å²) in [6.45, 7) is 5.33. The van der Waals surface area contributed by atoms with Crippen LogP contribution in [0.25, 0.3) is 0 Å². The number of nitrogens with one attached hydrogen (secondary N) is 2. The van der Waals surface area contributed by atoms with Gasteiger partial charge in [0.05, 0.1) is 19.8 Å². The zero-order valence-electron chi connectivity index (χ0n) is 9.58. The summed E-state index contributed by atoms with van der Waals surface area (Å²) in [5, 5.41) is 3.03. The molecule has 0 saturated heterocycles. The number of hydrogen-bond donors (Lipinski definition) is 3. The summed E-state index contributed by atoms with van der Waals surface area (Å²) in [6, 6.07) is 0. The molecule has 0 saturated carbocycles. The second-order valence-electron chi connectivity index (χ2n) is 2.91. The predicted molar refractivity (Wildman–Crippen MR) is 60.6 cm³/mol. The summed E-state index contributed by atoms with van der Waals surface area (Å²) in [5.74, 6) is 5.88. The molecule has 0 fully saturated rings. The van der Waals surface area contributed by atoms with Crippen molar-refractivity contribution in [3.63, 3.8) is 0 Å². The van der Waals surface area contributed by atoms with E-state index in [1.54, 1.807) is 7.11 Å². The maximum atomic E-state index is 5.27. The molecule has 0 aromatic carbocycles. The van der Waals surface area contributed by atoms with Crippen LogP contribution in [-0.2, 0) is 9.47 Å². The van der Waals surface area contributed by atoms with E-state index in [1.165, 1.54) is 0 Å². The van der Waals surface area contributed by atoms with Gasteiger partial charge in [-0.05, 0) is 6.42 Å². The van der Waals surface area contributed by atoms with Gasteiger partial charge in [-0.3, -0.25) is 10.4 Å². The molecule has 0 atom stereocenters. The van der Waals surface area contributed by atoms with E-state index in [2.05, 4.69) is 22.7 Å². The average Bonchev–Trinajstić information content (AvgIpc) is 2.27. The van der Waals surface area contributed by atoms with Crippen molar-refractivity contribution in [3.05, 3.63) is 0 Å². The lowest BCUT2D eigenvalue weighted by Crippen LogP contribution is -2.43. The van der Waals surface area contributed by atoms with E-state index in [9.17, 15) is 0 Å². The second kappa shape index (κ2) is 11.2. The van der Waals surface area contributed by atoms with Crippen LogP contribution < -0.4 is 16.6 Å². The van der Waals surface area contributed by atoms with Crippen LogP contribution in [-0.4, -0.2) is 46.0 Å². The summed E-state index contributed by atoms with van der Waals surface area (Å²) >= 11 is 0. The van der Waals surface area contributed by atoms with Gasteiger partial charge in [0.25, 0.3) is 0 Å². The largest absolute Gasteiger partial charge is 0.382 e. The first-order valence-electron chi connectivity index (χ1n) is 5.16. The van der Waals surface area contributed by atoms with Crippen molar-refractivity contribution in [3.8, 4) is 0 Å². The smallest absolute Gasteiger partial charge is 0.205 e. The van der Waals surface area contributed by atoms with E-state index in [-0.39, 0.29) is 0 Å². The molecule has 0 unspecified atom stereocenters. The highest BCUT2D eigenvalue weighted by Gasteiger charge is 1.93. The van der Waals surface area contributed by atoms with Gasteiger partial charge in [-0.2, -0.15) is 0 Å². The van der Waals surface area contributed by atoms with Crippen LogP contribution in [0.3, 0.4) is 0 Å². The number of hydrogen-bond acceptors (Lipinski definition) is 4. The number of aliphatic imine (C=N–C) groups is 1. The highest BCUT2D eigenvalue weighted by Crippen LogP contribution is 1.78. The fraction of sp³-hybridized carbons (Fsp3) is 0.889. The molecular weight excluding hydrogens is 196 g/mol. The Morgan fingerprint density at radius 1 is 1.33 bits per heavy atom. The Bertz CT molecular complexity index is 164. The van der Waals surface area contributed by atoms with Gasteiger partial charge in [-0.1, -0.05) is 6.92 Å². The van der Waals surface area contributed by atoms with E-state index in [1.807, 2.05) is 0 Å². The summed E-state index contributed by atoms with van der Waals surface area (Å²) in [6.07, 6.45) is 0.997. The molecule has 0 aliphatic heterocycles. The second-order valence-corrected chi connectivity index (χ2v) is 2.91. The quantitative estimate of drug-likeness (QED) is 0.168. The molecule has 6 heteroatoms. The minimum atomic E-state index is 0.604. The van der Waals surface area contributed by atoms with Crippen LogP contribution in [0.15, 0.2) is 4.99 Å². The van der Waals surface area contributed by atoms with Crippen molar-refractivity contribution in [2.24, 2.45) is 10.8 Å². The summed E-state index contributed by atoms with van der Waals surface area (Å²) in [4.78, 5) is 4.18. The van der Waals surface area contributed by atoms with E-state index in [4.69, 9.17) is 15.3 Å². The van der Waals surface area contributed by atoms with Gasteiger partial charge in [0, 0.05) is 20.2 Å². The van der Waals surface area contributed by atoms with Crippen LogP contribution in [0.1, 0.15) is 13.3 Å². The van der Waals surface area contributed by atoms with E-state index < -0.39 is 0 Å². The molecule has 4 N–H and O–H groups in total. The minimum Gasteiger partial charge on any atom is -0.382 e. The molecule has 90 valence electrons. The number of hydrazine groups is 1. The van der Waals surface area contributed by atoms with E-state index >= 15 is 0 Å². The van der Waals surface area contributed by atoms with Crippen molar-refractivity contribution in [1.29, 1.82) is 0 Å². The third-order valence-corrected chi connectivity index (χ3v) is 1.60. The van der Waals surface area contributed by atoms with Crippen molar-refractivity contribution in [1.82, 2.24) is 10.7 Å². The highest BCUT2D eigenvalue weighted by molar-refractivity contribution is 5.79. The van der Waals surface area contributed by atoms with Crippen LogP contribution in [0.2, 0.25) is 0 Å². The molecule has 0 amide bonds. The highest BCUT2D eigenvalue weighted by atomic mass is 16.5. The fourth-order valence-electron chi connectivity index (χ4n) is 0.862. The maximum absolute atomic E-state index is 5.27. The standard InChI is InChI=1S/C9H22N4O2/c1-3-4-11-9(13-10)12-5-6-15-8-7-14-2/h3-8,10H2,1-2H3,(H2,11,12,13). The lowest BCUT2D eigenvalue weighted by atomic mass is 10.5. The van der Waals surface area contributed by atoms with Gasteiger partial charge < -0.3 is 14.8 Å². The van der Waals surface area contributed by atoms with Crippen LogP contribution in [0.4, 0.5) is 0 Å². The van der Waals surface area contributed by atoms with E-state index in [0.29, 0.717) is 32.3 Å². The van der Waals surface area contributed by atoms with Gasteiger partial charge >= 0.3 is 0 Å². The topological polar surface area (TPSA) is 80.9 Å². The summed E-state index contributed by atoms with van der Waals surface area (Å²) in [5.41, 5.74) is 2.50. The zero-order chi connectivity index (χ0) is 11.4. The van der Waals surface area contributed by atoms with Gasteiger partial charge in [-0.25, -0.2) is 5.84 Å². The van der Waals surface area contributed by atoms with Gasteiger partial charge in [0.2, 0.25) is 5.96 Å². The molecule has 0 heterocycles. The monoisotopic (exact) mass is 218 g/mol. The first kappa shape index (κ1) is 14.2. The third kappa shape index (κ3) is 9.45. The number of rotatable bonds is 8. The molecule has 0 rings (SSSR count). The lowest BCUT2D eigenvalue weighted by molar-refractivity contribution is 0.0733. The zero-order valence-corrected chi connectivity index (χ0v) is 9.58. The number of ether oxygens (including phenoxy) is 2. The first-order chi connectivity index (χ1) is 7.35. The van der Waals surface area contributed by atoms with Crippen molar-refractivity contribution in [2.45, 2.75) is 13.3 Å². The lowest BCUT2D eigenvalue weighted by Gasteiger charge is -2.09. The molecule has 0 spiro atoms. The Balaban J connectivity index is 3.38. The molecule has 0 aliphatic carbocycles. The minimum absolute atomic E-state index is 0.604. The van der Waals surface area contributed by atoms with Crippen molar-refractivity contribution in [2.75, 3.05) is 40.0 Å². The number of methoxy groups -OCH3 is 1. The Morgan fingerprint density at radius 2 is 2.13 bits per heavy atom. The average molecular weight is 218 g/mol. The number of guanidine groups is 1. The van der Waals surface area contributed by atoms with Gasteiger partial charge in [0.1, 0.15) is 0 Å². The summed E-state index contributed by atoms with van der Waals surface area (Å²) < 4.78 is 10.1. The van der Waals surface area contributed by atoms with E-state index in [0.717, 1.165) is 13.0 Å². The van der Waals surface area contributed by atoms with Crippen LogP contribution in [0.5, 0.6) is 0 Å². The SMILES string of the molecule is CCCN=C(NN)NCCOCCOC. The maximum Gasteiger partial charge on any atom is 0.205 e. The molecule has 15 heavy (non-hydrogen) atoms.